The number of hydrogen-bond donors (Lipinski definition) is 1. The Labute approximate surface area is 181 Å². The molecule has 4 amide bonds. The van der Waals surface area contributed by atoms with Crippen LogP contribution in [0.3, 0.4) is 0 Å². The van der Waals surface area contributed by atoms with Crippen molar-refractivity contribution in [3.05, 3.63) is 23.8 Å². The van der Waals surface area contributed by atoms with Gasteiger partial charge in [0.1, 0.15) is 5.82 Å². The summed E-state index contributed by atoms with van der Waals surface area (Å²) in [6.07, 6.45) is 0.278. The number of nitrogens with one attached hydrogen (secondary N) is 1. The lowest BCUT2D eigenvalue weighted by molar-refractivity contribution is -0.139. The number of carbonyl (C=O) groups is 3. The van der Waals surface area contributed by atoms with Gasteiger partial charge in [0.15, 0.2) is 0 Å². The third-order valence-corrected chi connectivity index (χ3v) is 6.07. The SMILES string of the molecule is CC(C)C(=O)N1CCN(Cc2ccc3c(N4CCC(=O)NC4=O)n(C)nc3c2)C[C@@H]1C. The van der Waals surface area contributed by atoms with Gasteiger partial charge in [-0.25, -0.2) is 4.79 Å². The number of aryl methyl sites for hydroxylation is 1. The molecule has 1 N–H and O–H groups in total. The van der Waals surface area contributed by atoms with Crippen LogP contribution in [0.25, 0.3) is 10.9 Å². The summed E-state index contributed by atoms with van der Waals surface area (Å²) >= 11 is 0. The number of fused-ring (bicyclic) bond motifs is 1. The molecule has 0 aliphatic carbocycles. The maximum absolute atomic E-state index is 12.4. The Hall–Kier alpha value is -2.94. The molecule has 0 radical (unpaired) electrons. The Morgan fingerprint density at radius 2 is 2.00 bits per heavy atom. The highest BCUT2D eigenvalue weighted by atomic mass is 16.2. The number of hydrogen-bond acceptors (Lipinski definition) is 5. The summed E-state index contributed by atoms with van der Waals surface area (Å²) in [6.45, 7) is 9.56. The summed E-state index contributed by atoms with van der Waals surface area (Å²) in [6, 6.07) is 5.90. The molecule has 166 valence electrons. The third-order valence-electron chi connectivity index (χ3n) is 6.07. The van der Waals surface area contributed by atoms with Crippen LogP contribution in [-0.4, -0.2) is 69.6 Å². The lowest BCUT2D eigenvalue weighted by Gasteiger charge is -2.40. The van der Waals surface area contributed by atoms with E-state index in [1.165, 1.54) is 0 Å². The van der Waals surface area contributed by atoms with Crippen LogP contribution in [0.5, 0.6) is 0 Å². The Morgan fingerprint density at radius 1 is 1.23 bits per heavy atom. The first-order valence-electron chi connectivity index (χ1n) is 10.8. The number of rotatable bonds is 4. The normalized spacial score (nSPS) is 20.6. The van der Waals surface area contributed by atoms with Crippen molar-refractivity contribution in [2.24, 2.45) is 13.0 Å². The number of amides is 4. The molecule has 0 bridgehead atoms. The van der Waals surface area contributed by atoms with E-state index in [9.17, 15) is 14.4 Å². The van der Waals surface area contributed by atoms with Crippen molar-refractivity contribution in [3.63, 3.8) is 0 Å². The van der Waals surface area contributed by atoms with E-state index in [2.05, 4.69) is 34.4 Å². The van der Waals surface area contributed by atoms with E-state index in [4.69, 9.17) is 0 Å². The zero-order valence-corrected chi connectivity index (χ0v) is 18.6. The van der Waals surface area contributed by atoms with Gasteiger partial charge < -0.3 is 4.90 Å². The molecule has 0 unspecified atom stereocenters. The molecule has 31 heavy (non-hydrogen) atoms. The van der Waals surface area contributed by atoms with E-state index in [1.54, 1.807) is 9.58 Å². The van der Waals surface area contributed by atoms with Crippen molar-refractivity contribution >= 4 is 34.6 Å². The van der Waals surface area contributed by atoms with Crippen LogP contribution in [0, 0.1) is 5.92 Å². The molecule has 9 nitrogen and oxygen atoms in total. The minimum atomic E-state index is -0.409. The number of benzene rings is 1. The van der Waals surface area contributed by atoms with Crippen LogP contribution in [0.15, 0.2) is 18.2 Å². The molecule has 2 aromatic rings. The first kappa shape index (κ1) is 21.3. The molecule has 2 saturated heterocycles. The minimum absolute atomic E-state index is 0.0230. The number of nitrogens with zero attached hydrogens (tertiary/aromatic N) is 5. The summed E-state index contributed by atoms with van der Waals surface area (Å²) in [4.78, 5) is 42.1. The van der Waals surface area contributed by atoms with Crippen LogP contribution in [0.2, 0.25) is 0 Å². The number of imide groups is 1. The maximum atomic E-state index is 12.4. The summed E-state index contributed by atoms with van der Waals surface area (Å²) in [5.41, 5.74) is 1.97. The van der Waals surface area contributed by atoms with Crippen molar-refractivity contribution in [1.82, 2.24) is 24.9 Å². The largest absolute Gasteiger partial charge is 0.337 e. The number of urea groups is 1. The molecule has 0 spiro atoms. The molecule has 1 atom stereocenters. The molecule has 4 rings (SSSR count). The smallest absolute Gasteiger partial charge is 0.329 e. The van der Waals surface area contributed by atoms with Crippen molar-refractivity contribution in [2.75, 3.05) is 31.1 Å². The van der Waals surface area contributed by atoms with Gasteiger partial charge >= 0.3 is 6.03 Å². The fourth-order valence-corrected chi connectivity index (χ4v) is 4.51. The topological polar surface area (TPSA) is 90.8 Å². The highest BCUT2D eigenvalue weighted by Crippen LogP contribution is 2.29. The second-order valence-corrected chi connectivity index (χ2v) is 8.82. The quantitative estimate of drug-likeness (QED) is 0.804. The Balaban J connectivity index is 1.49. The van der Waals surface area contributed by atoms with E-state index in [0.29, 0.717) is 12.4 Å². The average Bonchev–Trinajstić information content (AvgIpc) is 3.02. The molecule has 1 aromatic heterocycles. The zero-order valence-electron chi connectivity index (χ0n) is 18.6. The van der Waals surface area contributed by atoms with Crippen LogP contribution >= 0.6 is 0 Å². The van der Waals surface area contributed by atoms with Gasteiger partial charge in [-0.15, -0.1) is 0 Å². The summed E-state index contributed by atoms with van der Waals surface area (Å²) < 4.78 is 1.70. The molecule has 0 saturated carbocycles. The van der Waals surface area contributed by atoms with E-state index in [0.717, 1.165) is 42.6 Å². The fraction of sp³-hybridized carbons (Fsp3) is 0.545. The highest BCUT2D eigenvalue weighted by Gasteiger charge is 2.30. The molecule has 9 heteroatoms. The predicted octanol–water partition coefficient (Wildman–Crippen LogP) is 1.71. The summed E-state index contributed by atoms with van der Waals surface area (Å²) in [5, 5.41) is 7.86. The third kappa shape index (κ3) is 4.14. The van der Waals surface area contributed by atoms with Gasteiger partial charge in [0.2, 0.25) is 11.8 Å². The molecule has 1 aromatic carbocycles. The second-order valence-electron chi connectivity index (χ2n) is 8.82. The standard InChI is InChI=1S/C22H30N6O3/c1-14(2)21(30)27-10-9-26(12-15(27)3)13-16-5-6-17-18(11-16)24-25(4)20(17)28-8-7-19(29)23-22(28)31/h5-6,11,14-15H,7-10,12-13H2,1-4H3,(H,23,29,31)/t15-/m0/s1. The lowest BCUT2D eigenvalue weighted by atomic mass is 10.1. The van der Waals surface area contributed by atoms with E-state index >= 15 is 0 Å². The van der Waals surface area contributed by atoms with Gasteiger partial charge in [-0.3, -0.25) is 29.4 Å². The number of carbonyl (C=O) groups excluding carboxylic acids is 3. The van der Waals surface area contributed by atoms with E-state index in [1.807, 2.05) is 31.9 Å². The summed E-state index contributed by atoms with van der Waals surface area (Å²) in [7, 11) is 1.81. The predicted molar refractivity (Wildman–Crippen MR) is 118 cm³/mol. The number of anilines is 1. The molecular formula is C22H30N6O3. The molecule has 2 fully saturated rings. The first-order valence-corrected chi connectivity index (χ1v) is 10.8. The van der Waals surface area contributed by atoms with Crippen LogP contribution < -0.4 is 10.2 Å². The van der Waals surface area contributed by atoms with Crippen molar-refractivity contribution in [3.8, 4) is 0 Å². The molecule has 2 aliphatic heterocycles. The summed E-state index contributed by atoms with van der Waals surface area (Å²) in [5.74, 6) is 0.688. The van der Waals surface area contributed by atoms with Gasteiger partial charge in [-0.1, -0.05) is 19.9 Å². The monoisotopic (exact) mass is 426 g/mol. The van der Waals surface area contributed by atoms with Crippen LogP contribution in [-0.2, 0) is 23.2 Å². The van der Waals surface area contributed by atoms with Crippen molar-refractivity contribution in [2.45, 2.75) is 39.8 Å². The number of aromatic nitrogens is 2. The van der Waals surface area contributed by atoms with E-state index in [-0.39, 0.29) is 30.2 Å². The van der Waals surface area contributed by atoms with Gasteiger partial charge in [0.25, 0.3) is 0 Å². The van der Waals surface area contributed by atoms with Crippen molar-refractivity contribution < 1.29 is 14.4 Å². The second kappa shape index (κ2) is 8.30. The average molecular weight is 427 g/mol. The zero-order chi connectivity index (χ0) is 22.3. The lowest BCUT2D eigenvalue weighted by Crippen LogP contribution is -2.54. The van der Waals surface area contributed by atoms with Gasteiger partial charge in [-0.05, 0) is 24.6 Å². The number of piperazine rings is 1. The van der Waals surface area contributed by atoms with Crippen LogP contribution in [0.4, 0.5) is 10.6 Å². The van der Waals surface area contributed by atoms with Crippen LogP contribution in [0.1, 0.15) is 32.8 Å². The highest BCUT2D eigenvalue weighted by molar-refractivity contribution is 6.08. The fourth-order valence-electron chi connectivity index (χ4n) is 4.51. The van der Waals surface area contributed by atoms with Gasteiger partial charge in [0.05, 0.1) is 5.52 Å². The van der Waals surface area contributed by atoms with Gasteiger partial charge in [0, 0.05) is 63.5 Å². The first-order chi connectivity index (χ1) is 14.7. The van der Waals surface area contributed by atoms with Crippen molar-refractivity contribution in [1.29, 1.82) is 0 Å². The molecule has 3 heterocycles. The molecule has 2 aliphatic rings. The maximum Gasteiger partial charge on any atom is 0.329 e. The Morgan fingerprint density at radius 3 is 2.68 bits per heavy atom. The van der Waals surface area contributed by atoms with Gasteiger partial charge in [-0.2, -0.15) is 5.10 Å². The molecular weight excluding hydrogens is 396 g/mol. The van der Waals surface area contributed by atoms with E-state index < -0.39 is 6.03 Å². The minimum Gasteiger partial charge on any atom is -0.337 e. The Bertz CT molecular complexity index is 1030. The Kier molecular flexibility index (Phi) is 5.70.